The van der Waals surface area contributed by atoms with Crippen LogP contribution in [0, 0.1) is 0 Å². The summed E-state index contributed by atoms with van der Waals surface area (Å²) in [5.41, 5.74) is 1.18. The molecule has 1 atom stereocenters. The highest BCUT2D eigenvalue weighted by Gasteiger charge is 2.19. The van der Waals surface area contributed by atoms with Gasteiger partial charge in [-0.05, 0) is 23.4 Å². The first-order valence-corrected chi connectivity index (χ1v) is 7.86. The number of benzene rings is 1. The van der Waals surface area contributed by atoms with E-state index in [1.165, 1.54) is 10.9 Å². The molecule has 20 heavy (non-hydrogen) atoms. The summed E-state index contributed by atoms with van der Waals surface area (Å²) in [6.45, 7) is 2.98. The summed E-state index contributed by atoms with van der Waals surface area (Å²) in [5, 5.41) is 8.74. The summed E-state index contributed by atoms with van der Waals surface area (Å²) >= 11 is 8.00. The molecule has 0 aliphatic carbocycles. The van der Waals surface area contributed by atoms with Crippen molar-refractivity contribution in [3.8, 4) is 0 Å². The molecular weight excluding hydrogens is 288 g/mol. The number of nitrogens with one attached hydrogen (secondary N) is 1. The second-order valence-corrected chi connectivity index (χ2v) is 5.93. The monoisotopic (exact) mass is 302 g/mol. The Labute approximate surface area is 127 Å². The van der Waals surface area contributed by atoms with Crippen LogP contribution in [0.4, 0.5) is 0 Å². The lowest BCUT2D eigenvalue weighted by Gasteiger charge is -2.19. The second-order valence-electron chi connectivity index (χ2n) is 4.57. The van der Waals surface area contributed by atoms with E-state index >= 15 is 0 Å². The predicted octanol–water partition coefficient (Wildman–Crippen LogP) is 4.65. The summed E-state index contributed by atoms with van der Waals surface area (Å²) in [7, 11) is 0. The zero-order valence-electron chi connectivity index (χ0n) is 11.1. The first-order chi connectivity index (χ1) is 9.81. The zero-order valence-corrected chi connectivity index (χ0v) is 12.7. The number of aromatic nitrogens is 1. The average molecular weight is 303 g/mol. The first kappa shape index (κ1) is 13.6. The third-order valence-corrected chi connectivity index (χ3v) is 4.75. The van der Waals surface area contributed by atoms with E-state index in [1.807, 2.05) is 29.9 Å². The van der Waals surface area contributed by atoms with Gasteiger partial charge >= 0.3 is 0 Å². The van der Waals surface area contributed by atoms with Crippen LogP contribution in [-0.2, 0) is 0 Å². The lowest BCUT2D eigenvalue weighted by molar-refractivity contribution is 0.642. The largest absolute Gasteiger partial charge is 0.306 e. The number of halogens is 1. The van der Waals surface area contributed by atoms with Crippen molar-refractivity contribution in [2.45, 2.75) is 13.0 Å². The predicted molar refractivity (Wildman–Crippen MR) is 86.6 cm³/mol. The van der Waals surface area contributed by atoms with Crippen LogP contribution in [0.5, 0.6) is 0 Å². The van der Waals surface area contributed by atoms with E-state index < -0.39 is 0 Å². The Balaban J connectivity index is 2.17. The number of rotatable bonds is 4. The molecule has 1 aromatic carbocycles. The lowest BCUT2D eigenvalue weighted by Crippen LogP contribution is -2.21. The Morgan fingerprint density at radius 3 is 2.85 bits per heavy atom. The van der Waals surface area contributed by atoms with Gasteiger partial charge in [-0.1, -0.05) is 42.8 Å². The van der Waals surface area contributed by atoms with Crippen LogP contribution in [-0.4, -0.2) is 11.5 Å². The normalized spacial score (nSPS) is 12.7. The molecule has 2 heterocycles. The van der Waals surface area contributed by atoms with Gasteiger partial charge in [0.25, 0.3) is 0 Å². The molecule has 0 bridgehead atoms. The van der Waals surface area contributed by atoms with E-state index in [0.29, 0.717) is 0 Å². The summed E-state index contributed by atoms with van der Waals surface area (Å²) in [6.07, 6.45) is 3.84. The molecule has 2 nitrogen and oxygen atoms in total. The van der Waals surface area contributed by atoms with Crippen LogP contribution in [0.25, 0.3) is 10.8 Å². The van der Waals surface area contributed by atoms with Gasteiger partial charge in [0.05, 0.1) is 11.1 Å². The standard InChI is InChI=1S/C16H15ClN2S/c1-2-19-15(16-14(17)7-8-20-16)13-10-18-9-11-5-3-4-6-12(11)13/h3-10,15,19H,2H2,1H3. The Kier molecular flexibility index (Phi) is 4.01. The number of fused-ring (bicyclic) bond motifs is 1. The van der Waals surface area contributed by atoms with Crippen molar-refractivity contribution in [2.24, 2.45) is 0 Å². The molecule has 102 valence electrons. The van der Waals surface area contributed by atoms with Crippen molar-refractivity contribution in [2.75, 3.05) is 6.54 Å². The van der Waals surface area contributed by atoms with Crippen LogP contribution in [0.2, 0.25) is 5.02 Å². The molecule has 3 aromatic rings. The third-order valence-electron chi connectivity index (χ3n) is 3.33. The molecule has 4 heteroatoms. The van der Waals surface area contributed by atoms with Gasteiger partial charge in [-0.25, -0.2) is 0 Å². The maximum absolute atomic E-state index is 6.32. The Hall–Kier alpha value is -1.42. The van der Waals surface area contributed by atoms with Gasteiger partial charge in [-0.15, -0.1) is 11.3 Å². The molecular formula is C16H15ClN2S. The van der Waals surface area contributed by atoms with Gasteiger partial charge in [0.1, 0.15) is 0 Å². The fraction of sp³-hybridized carbons (Fsp3) is 0.188. The van der Waals surface area contributed by atoms with Gasteiger partial charge in [0.15, 0.2) is 0 Å². The SMILES string of the molecule is CCNC(c1sccc1Cl)c1cncc2ccccc12. The van der Waals surface area contributed by atoms with Crippen molar-refractivity contribution in [3.63, 3.8) is 0 Å². The van der Waals surface area contributed by atoms with E-state index in [1.54, 1.807) is 11.3 Å². The average Bonchev–Trinajstić information content (AvgIpc) is 2.90. The molecule has 1 unspecified atom stereocenters. The van der Waals surface area contributed by atoms with Gasteiger partial charge < -0.3 is 5.32 Å². The molecule has 0 amide bonds. The number of hydrogen-bond donors (Lipinski definition) is 1. The minimum Gasteiger partial charge on any atom is -0.306 e. The first-order valence-electron chi connectivity index (χ1n) is 6.60. The topological polar surface area (TPSA) is 24.9 Å². The Bertz CT molecular complexity index is 718. The van der Waals surface area contributed by atoms with Gasteiger partial charge in [0, 0.05) is 28.2 Å². The van der Waals surface area contributed by atoms with E-state index in [2.05, 4.69) is 35.4 Å². The maximum Gasteiger partial charge on any atom is 0.0707 e. The van der Waals surface area contributed by atoms with Crippen LogP contribution in [0.15, 0.2) is 48.1 Å². The van der Waals surface area contributed by atoms with Crippen LogP contribution >= 0.6 is 22.9 Å². The van der Waals surface area contributed by atoms with Crippen LogP contribution < -0.4 is 5.32 Å². The summed E-state index contributed by atoms with van der Waals surface area (Å²) in [4.78, 5) is 5.52. The quantitative estimate of drug-likeness (QED) is 0.759. The molecule has 0 saturated carbocycles. The fourth-order valence-corrected chi connectivity index (χ4v) is 3.69. The molecule has 0 aliphatic rings. The molecule has 0 radical (unpaired) electrons. The van der Waals surface area contributed by atoms with Crippen molar-refractivity contribution in [3.05, 3.63) is 63.6 Å². The highest BCUT2D eigenvalue weighted by molar-refractivity contribution is 7.10. The minimum absolute atomic E-state index is 0.0890. The van der Waals surface area contributed by atoms with E-state index in [-0.39, 0.29) is 6.04 Å². The Morgan fingerprint density at radius 1 is 1.25 bits per heavy atom. The molecule has 2 aromatic heterocycles. The Morgan fingerprint density at radius 2 is 2.10 bits per heavy atom. The number of thiophene rings is 1. The van der Waals surface area contributed by atoms with E-state index in [4.69, 9.17) is 11.6 Å². The van der Waals surface area contributed by atoms with Crippen molar-refractivity contribution in [1.82, 2.24) is 10.3 Å². The summed E-state index contributed by atoms with van der Waals surface area (Å²) in [5.74, 6) is 0. The number of pyridine rings is 1. The third kappa shape index (κ3) is 2.44. The second kappa shape index (κ2) is 5.92. The molecule has 0 saturated heterocycles. The van der Waals surface area contributed by atoms with Gasteiger partial charge in [-0.2, -0.15) is 0 Å². The summed E-state index contributed by atoms with van der Waals surface area (Å²) in [6, 6.07) is 10.4. The van der Waals surface area contributed by atoms with Crippen molar-refractivity contribution in [1.29, 1.82) is 0 Å². The summed E-state index contributed by atoms with van der Waals surface area (Å²) < 4.78 is 0. The highest BCUT2D eigenvalue weighted by Crippen LogP contribution is 2.35. The van der Waals surface area contributed by atoms with Crippen molar-refractivity contribution < 1.29 is 0 Å². The van der Waals surface area contributed by atoms with Gasteiger partial charge in [-0.3, -0.25) is 4.98 Å². The lowest BCUT2D eigenvalue weighted by atomic mass is 10.0. The minimum atomic E-state index is 0.0890. The van der Waals surface area contributed by atoms with Crippen LogP contribution in [0.1, 0.15) is 23.4 Å². The van der Waals surface area contributed by atoms with Crippen molar-refractivity contribution >= 4 is 33.7 Å². The molecule has 1 N–H and O–H groups in total. The number of hydrogen-bond acceptors (Lipinski definition) is 3. The van der Waals surface area contributed by atoms with Crippen LogP contribution in [0.3, 0.4) is 0 Å². The maximum atomic E-state index is 6.32. The fourth-order valence-electron chi connectivity index (χ4n) is 2.43. The van der Waals surface area contributed by atoms with Gasteiger partial charge in [0.2, 0.25) is 0 Å². The molecule has 0 spiro atoms. The molecule has 0 fully saturated rings. The zero-order chi connectivity index (χ0) is 13.9. The smallest absolute Gasteiger partial charge is 0.0707 e. The molecule has 0 aliphatic heterocycles. The molecule has 3 rings (SSSR count). The highest BCUT2D eigenvalue weighted by atomic mass is 35.5. The van der Waals surface area contributed by atoms with E-state index in [0.717, 1.165) is 21.8 Å². The number of nitrogens with zero attached hydrogens (tertiary/aromatic N) is 1. The van der Waals surface area contributed by atoms with E-state index in [9.17, 15) is 0 Å².